The number of aliphatic hydroxyl groups excluding tert-OH is 5. The summed E-state index contributed by atoms with van der Waals surface area (Å²) in [7, 11) is 0. The van der Waals surface area contributed by atoms with Crippen LogP contribution in [-0.2, 0) is 47.8 Å². The van der Waals surface area contributed by atoms with E-state index in [0.29, 0.717) is 29.0 Å². The van der Waals surface area contributed by atoms with Gasteiger partial charge in [0.25, 0.3) is 5.22 Å². The molecule has 35 heteroatoms. The third kappa shape index (κ3) is 18.1. The summed E-state index contributed by atoms with van der Waals surface area (Å²) in [4.78, 5) is 108. The zero-order valence-electron chi connectivity index (χ0n) is 63.2. The van der Waals surface area contributed by atoms with E-state index in [1.54, 1.807) is 13.8 Å². The van der Waals surface area contributed by atoms with Crippen LogP contribution in [-0.4, -0.2) is 171 Å². The van der Waals surface area contributed by atoms with Gasteiger partial charge in [-0.3, -0.25) is 28.8 Å². The van der Waals surface area contributed by atoms with Crippen LogP contribution in [0.4, 0.5) is 0 Å². The number of thioether (sulfide) groups is 1. The number of rotatable bonds is 16. The lowest BCUT2D eigenvalue weighted by Crippen LogP contribution is -2.64. The highest BCUT2D eigenvalue weighted by Crippen LogP contribution is 2.51. The Balaban J connectivity index is 1.02. The second-order valence-electron chi connectivity index (χ2n) is 30.0. The molecule has 11 bridgehead atoms. The number of aliphatic hydroxyl groups is 5. The van der Waals surface area contributed by atoms with Gasteiger partial charge in [0.05, 0.1) is 40.8 Å². The maximum Gasteiger partial charge on any atom is 0.330 e. The van der Waals surface area contributed by atoms with Gasteiger partial charge in [-0.1, -0.05) is 141 Å². The van der Waals surface area contributed by atoms with E-state index in [4.69, 9.17) is 72.5 Å². The lowest BCUT2D eigenvalue weighted by molar-refractivity contribution is -0.329. The number of oxazole rings is 1. The average molecular weight is 1670 g/mol. The Bertz CT molecular complexity index is 5100. The Morgan fingerprint density at radius 1 is 0.701 bits per heavy atom. The molecule has 0 spiro atoms. The first kappa shape index (κ1) is 83.9. The summed E-state index contributed by atoms with van der Waals surface area (Å²) in [5, 5.41) is 122. The van der Waals surface area contributed by atoms with E-state index in [1.165, 1.54) is 49.4 Å². The van der Waals surface area contributed by atoms with Gasteiger partial charge in [0, 0.05) is 63.2 Å². The molecule has 0 radical (unpaired) electrons. The molecular formula is C82H85Cl2N9O23S. The summed E-state index contributed by atoms with van der Waals surface area (Å²) in [6.07, 6.45) is -17.9. The summed E-state index contributed by atoms with van der Waals surface area (Å²) in [6.45, 7) is 12.6. The summed E-state index contributed by atoms with van der Waals surface area (Å²) in [5.41, 5.74) is 10.5. The number of aromatic nitrogens is 1. The molecule has 616 valence electrons. The number of ether oxygens (including phenoxy) is 6. The number of hydrogen-bond acceptors (Lipinski definition) is 26. The summed E-state index contributed by atoms with van der Waals surface area (Å²) < 4.78 is 46.8. The van der Waals surface area contributed by atoms with Crippen molar-refractivity contribution < 1.29 is 112 Å². The predicted octanol–water partition coefficient (Wildman–Crippen LogP) is 7.26. The van der Waals surface area contributed by atoms with Crippen molar-refractivity contribution in [3.63, 3.8) is 0 Å². The highest BCUT2D eigenvalue weighted by molar-refractivity contribution is 7.99. The Hall–Kier alpha value is -11.1. The Morgan fingerprint density at radius 2 is 1.32 bits per heavy atom. The molecule has 0 saturated carbocycles. The van der Waals surface area contributed by atoms with Crippen LogP contribution in [0.5, 0.6) is 46.0 Å². The number of primary amides is 1. The quantitative estimate of drug-likeness (QED) is 0.0423. The second kappa shape index (κ2) is 34.6. The first-order chi connectivity index (χ1) is 55.6. The molecule has 15 rings (SSSR count). The standard InChI is InChI=1S/C82H85Cl2N9O23S/c1-34(2)23-35(3)74(103)92-65-67(99)42-19-22-53(48(84)26-42)112-55-28-43-27-54(71(55)115-80-72(114-58-32-82(6,86)73(102)37(5)110-58)69(101)68(100)56(113-80)33-117-81-93-61(38-13-9-7-10-14-38)70(116-81)39-15-11-8-12-16-39)111-52-21-18-41(25-47(52)83)66(98)64-78(107)91-63(79(108)109)46-29-44(94)30-51(96)59(46)45-24-40(17-20-50(45)95)60(36(4)87-64)89-76(105)62(43)90-75(104)49(31-57(85)97)88-77(65)106/h7-22,24-30,34-35,37,49,56,58,60,62-69,72-73,80,87,94-96,98-102H,4,23,31-33,86H2,1-3,5-6H3,(H2,85,97)(H,88,106)(H,89,105)(H,90,104)(H,91,107)(H,92,103)(H,108,109)/t35-,37?,49-,56?,58?,60?,62+,63+,64-,65+,66+,67+,68?,69?,72?,73?,80?,82?/m0/s1. The summed E-state index contributed by atoms with van der Waals surface area (Å²) in [6, 6.07) is 20.9. The average Bonchev–Trinajstić information content (AvgIpc) is 1.34. The predicted molar refractivity (Wildman–Crippen MR) is 421 cm³/mol. The fraction of sp³-hybridized carbons (Fsp3) is 0.341. The Kier molecular flexibility index (Phi) is 24.8. The molecule has 117 heavy (non-hydrogen) atoms. The summed E-state index contributed by atoms with van der Waals surface area (Å²) >= 11 is 15.5. The van der Waals surface area contributed by atoms with Crippen LogP contribution in [0.25, 0.3) is 33.7 Å². The number of carbonyl (C=O) groups excluding carboxylic acids is 6. The van der Waals surface area contributed by atoms with Crippen LogP contribution in [0.2, 0.25) is 10.0 Å². The summed E-state index contributed by atoms with van der Waals surface area (Å²) in [5.74, 6) is -14.0. The topological polar surface area (TPSA) is 507 Å². The van der Waals surface area contributed by atoms with Crippen LogP contribution in [0, 0.1) is 11.8 Å². The van der Waals surface area contributed by atoms with Gasteiger partial charge < -0.3 is 122 Å². The molecule has 19 N–H and O–H groups in total. The van der Waals surface area contributed by atoms with Crippen LogP contribution < -0.4 is 57.6 Å². The molecule has 2 saturated heterocycles. The van der Waals surface area contributed by atoms with Crippen molar-refractivity contribution in [1.82, 2.24) is 36.9 Å². The van der Waals surface area contributed by atoms with Gasteiger partial charge in [-0.05, 0) is 103 Å². The number of fused-ring (bicyclic) bond motifs is 15. The number of halogens is 2. The number of nitrogens with two attached hydrogens (primary N) is 2. The minimum absolute atomic E-state index is 0.0365. The molecule has 32 nitrogen and oxygen atoms in total. The smallest absolute Gasteiger partial charge is 0.330 e. The number of benzene rings is 7. The maximum absolute atomic E-state index is 16.4. The zero-order valence-corrected chi connectivity index (χ0v) is 65.5. The third-order valence-corrected chi connectivity index (χ3v) is 22.2. The highest BCUT2D eigenvalue weighted by Gasteiger charge is 2.52. The molecule has 8 heterocycles. The van der Waals surface area contributed by atoms with Crippen molar-refractivity contribution in [2.24, 2.45) is 23.3 Å². The van der Waals surface area contributed by atoms with E-state index in [1.807, 2.05) is 74.5 Å². The first-order valence-corrected chi connectivity index (χ1v) is 38.9. The van der Waals surface area contributed by atoms with Crippen LogP contribution in [0.1, 0.15) is 112 Å². The number of nitrogens with one attached hydrogen (secondary N) is 6. The van der Waals surface area contributed by atoms with E-state index in [-0.39, 0.29) is 78.4 Å². The largest absolute Gasteiger partial charge is 0.508 e. The Morgan fingerprint density at radius 3 is 1.94 bits per heavy atom. The van der Waals surface area contributed by atoms with E-state index >= 15 is 14.4 Å². The minimum atomic E-state index is -2.25. The molecule has 6 amide bonds. The second-order valence-corrected chi connectivity index (χ2v) is 31.7. The third-order valence-electron chi connectivity index (χ3n) is 20.7. The SMILES string of the molecule is C=C1N[C@@H]2C(=O)N[C@@H](C(=O)O)c3cc(O)cc(O)c3-c3cc(ccc3O)C1NC(=O)[C@@H]1NC(=O)[C@H](CC(N)=O)NC(=O)[C@H](NC(=O)[C@@H](C)CC(C)C)[C@H](O)c3ccc(c(Cl)c3)Oc3cc1cc(c3OC1OC(CSc3nc(-c4ccccc4)c(-c4ccccc4)o3)C(O)C(O)C1OC1CC(C)(N)C(O)C(C)O1)Oc1ccc(cc1Cl)[C@H]2O. The van der Waals surface area contributed by atoms with Crippen LogP contribution in [0.3, 0.4) is 0 Å². The fourth-order valence-corrected chi connectivity index (χ4v) is 16.1. The number of hydrogen-bond donors (Lipinski definition) is 17. The lowest BCUT2D eigenvalue weighted by atomic mass is 9.86. The monoisotopic (exact) mass is 1670 g/mol. The maximum atomic E-state index is 16.4. The molecular weight excluding hydrogens is 1580 g/mol. The van der Waals surface area contributed by atoms with Gasteiger partial charge in [0.15, 0.2) is 35.7 Å². The molecule has 10 unspecified atom stereocenters. The number of aliphatic carboxylic acids is 1. The van der Waals surface area contributed by atoms with E-state index in [2.05, 4.69) is 38.5 Å². The number of carboxylic acids is 1. The molecule has 0 aliphatic carbocycles. The van der Waals surface area contributed by atoms with Gasteiger partial charge in [-0.15, -0.1) is 0 Å². The first-order valence-electron chi connectivity index (χ1n) is 37.2. The number of phenolic OH excluding ortho intramolecular Hbond substituents is 3. The zero-order chi connectivity index (χ0) is 83.9. The number of carbonyl (C=O) groups is 7. The van der Waals surface area contributed by atoms with Gasteiger partial charge in [0.2, 0.25) is 47.5 Å². The van der Waals surface area contributed by atoms with Gasteiger partial charge in [0.1, 0.15) is 83.0 Å². The fourth-order valence-electron chi connectivity index (χ4n) is 14.7. The highest BCUT2D eigenvalue weighted by atomic mass is 35.5. The number of amides is 6. The van der Waals surface area contributed by atoms with Crippen molar-refractivity contribution in [3.05, 3.63) is 190 Å². The number of nitrogens with zero attached hydrogens (tertiary/aromatic N) is 1. The molecule has 8 aromatic rings. The van der Waals surface area contributed by atoms with Gasteiger partial charge in [-0.2, -0.15) is 0 Å². The molecule has 7 aliphatic rings. The van der Waals surface area contributed by atoms with Crippen LogP contribution in [0.15, 0.2) is 161 Å². The lowest BCUT2D eigenvalue weighted by Gasteiger charge is -2.47. The minimum Gasteiger partial charge on any atom is -0.508 e. The molecule has 18 atom stereocenters. The van der Waals surface area contributed by atoms with Crippen molar-refractivity contribution in [2.75, 3.05) is 5.75 Å². The van der Waals surface area contributed by atoms with Crippen molar-refractivity contribution >= 4 is 76.4 Å². The van der Waals surface area contributed by atoms with E-state index in [0.717, 1.165) is 48.2 Å². The molecule has 1 aromatic heterocycles. The Labute approximate surface area is 682 Å². The van der Waals surface area contributed by atoms with Gasteiger partial charge >= 0.3 is 5.97 Å². The van der Waals surface area contributed by atoms with Crippen LogP contribution >= 0.6 is 35.0 Å². The number of carboxylic acid groups (broad SMARTS) is 1. The molecule has 2 fully saturated rings. The van der Waals surface area contributed by atoms with E-state index < -0.39 is 203 Å². The van der Waals surface area contributed by atoms with E-state index in [9.17, 15) is 65.1 Å². The number of phenols is 3. The van der Waals surface area contributed by atoms with Crippen molar-refractivity contribution in [1.29, 1.82) is 0 Å². The van der Waals surface area contributed by atoms with Crippen molar-refractivity contribution in [3.8, 4) is 79.7 Å². The van der Waals surface area contributed by atoms with Crippen molar-refractivity contribution in [2.45, 2.75) is 162 Å². The normalized spacial score (nSPS) is 27.0. The molecule has 7 aliphatic heterocycles. The number of aromatic hydroxyl groups is 3. The molecule has 7 aromatic carbocycles. The van der Waals surface area contributed by atoms with Gasteiger partial charge in [-0.25, -0.2) is 9.78 Å².